The molecule has 0 spiro atoms. The molecule has 3 rings (SSSR count). The van der Waals surface area contributed by atoms with Gasteiger partial charge in [-0.2, -0.15) is 10.2 Å². The second-order valence-electron chi connectivity index (χ2n) is 6.88. The Kier molecular flexibility index (Phi) is 5.81. The first-order chi connectivity index (χ1) is 13.8. The molecule has 0 saturated carbocycles. The lowest BCUT2D eigenvalue weighted by atomic mass is 10.1. The summed E-state index contributed by atoms with van der Waals surface area (Å²) in [4.78, 5) is 25.1. The highest BCUT2D eigenvalue weighted by Crippen LogP contribution is 2.24. The van der Waals surface area contributed by atoms with Crippen molar-refractivity contribution in [2.45, 2.75) is 33.4 Å². The average Bonchev–Trinajstić information content (AvgIpc) is 2.97. The molecule has 3 aromatic rings. The van der Waals surface area contributed by atoms with Gasteiger partial charge in [-0.3, -0.25) is 14.3 Å². The van der Waals surface area contributed by atoms with E-state index in [4.69, 9.17) is 4.74 Å². The van der Waals surface area contributed by atoms with E-state index >= 15 is 0 Å². The maximum absolute atomic E-state index is 12.7. The average molecular weight is 395 g/mol. The van der Waals surface area contributed by atoms with Crippen molar-refractivity contribution in [1.82, 2.24) is 24.9 Å². The highest BCUT2D eigenvalue weighted by molar-refractivity contribution is 5.79. The first kappa shape index (κ1) is 20.3. The molecule has 1 aromatic carbocycles. The van der Waals surface area contributed by atoms with Crippen molar-refractivity contribution in [3.8, 4) is 17.0 Å². The summed E-state index contributed by atoms with van der Waals surface area (Å²) < 4.78 is 8.28. The van der Waals surface area contributed by atoms with E-state index in [0.29, 0.717) is 18.0 Å². The lowest BCUT2D eigenvalue weighted by Gasteiger charge is -2.16. The third kappa shape index (κ3) is 4.06. The topological polar surface area (TPSA) is 91.0 Å². The summed E-state index contributed by atoms with van der Waals surface area (Å²) in [5.41, 5.74) is 3.74. The molecule has 152 valence electrons. The van der Waals surface area contributed by atoms with Crippen LogP contribution in [0.15, 0.2) is 41.2 Å². The van der Waals surface area contributed by atoms with Gasteiger partial charge in [0.15, 0.2) is 0 Å². The molecule has 0 bridgehead atoms. The van der Waals surface area contributed by atoms with E-state index in [1.165, 1.54) is 10.7 Å². The van der Waals surface area contributed by atoms with Gasteiger partial charge in [0.05, 0.1) is 18.5 Å². The van der Waals surface area contributed by atoms with Crippen molar-refractivity contribution in [2.24, 2.45) is 7.05 Å². The van der Waals surface area contributed by atoms with Crippen molar-refractivity contribution < 1.29 is 9.53 Å². The molecule has 0 saturated heterocycles. The number of benzene rings is 1. The number of aryl methyl sites for hydroxylation is 2. The van der Waals surface area contributed by atoms with Gasteiger partial charge in [0.2, 0.25) is 5.91 Å². The van der Waals surface area contributed by atoms with Crippen LogP contribution >= 0.6 is 0 Å². The largest absolute Gasteiger partial charge is 0.496 e. The third-order valence-electron chi connectivity index (χ3n) is 4.98. The number of hydrogen-bond donors (Lipinski definition) is 1. The number of carbonyl (C=O) groups excluding carboxylic acids is 1. The zero-order valence-corrected chi connectivity index (χ0v) is 17.3. The predicted octanol–water partition coefficient (Wildman–Crippen LogP) is 2.15. The molecule has 1 atom stereocenters. The Balaban J connectivity index is 1.84. The lowest BCUT2D eigenvalue weighted by molar-refractivity contribution is -0.124. The molecule has 0 aliphatic carbocycles. The maximum Gasteiger partial charge on any atom is 0.267 e. The summed E-state index contributed by atoms with van der Waals surface area (Å²) in [6.45, 7) is 5.78. The molecule has 0 radical (unpaired) electrons. The van der Waals surface area contributed by atoms with Gasteiger partial charge in [-0.05, 0) is 32.9 Å². The summed E-state index contributed by atoms with van der Waals surface area (Å²) in [6.07, 6.45) is 0. The van der Waals surface area contributed by atoms with E-state index in [0.717, 1.165) is 22.5 Å². The Morgan fingerprint density at radius 2 is 1.90 bits per heavy atom. The number of aromatic nitrogens is 4. The minimum Gasteiger partial charge on any atom is -0.496 e. The second kappa shape index (κ2) is 8.30. The fraction of sp³-hybridized carbons (Fsp3) is 0.333. The fourth-order valence-electron chi connectivity index (χ4n) is 3.27. The summed E-state index contributed by atoms with van der Waals surface area (Å²) >= 11 is 0. The molecular formula is C21H25N5O3. The van der Waals surface area contributed by atoms with Gasteiger partial charge in [0.25, 0.3) is 5.56 Å². The minimum absolute atomic E-state index is 0.294. The van der Waals surface area contributed by atoms with Crippen LogP contribution in [0.1, 0.15) is 29.9 Å². The Hall–Kier alpha value is -3.42. The molecule has 2 heterocycles. The SMILES string of the molecule is COc1ccccc1CNC(=O)C(C)n1nc(-c2c(C)nn(C)c2C)ccc1=O. The van der Waals surface area contributed by atoms with Gasteiger partial charge in [0.1, 0.15) is 11.8 Å². The third-order valence-corrected chi connectivity index (χ3v) is 4.98. The monoisotopic (exact) mass is 395 g/mol. The van der Waals surface area contributed by atoms with Crippen LogP contribution in [0.2, 0.25) is 0 Å². The molecule has 1 amide bonds. The van der Waals surface area contributed by atoms with Crippen LogP contribution in [-0.4, -0.2) is 32.6 Å². The number of nitrogens with one attached hydrogen (secondary N) is 1. The van der Waals surface area contributed by atoms with E-state index in [2.05, 4.69) is 15.5 Å². The van der Waals surface area contributed by atoms with Crippen molar-refractivity contribution in [3.05, 3.63) is 63.7 Å². The molecule has 0 aliphatic rings. The molecule has 2 aromatic heterocycles. The summed E-state index contributed by atoms with van der Waals surface area (Å²) in [7, 11) is 3.44. The number of rotatable bonds is 6. The number of nitrogens with zero attached hydrogens (tertiary/aromatic N) is 4. The molecule has 0 fully saturated rings. The Morgan fingerprint density at radius 3 is 2.55 bits per heavy atom. The highest BCUT2D eigenvalue weighted by Gasteiger charge is 2.20. The maximum atomic E-state index is 12.7. The van der Waals surface area contributed by atoms with Crippen LogP contribution in [0.25, 0.3) is 11.3 Å². The lowest BCUT2D eigenvalue weighted by Crippen LogP contribution is -2.36. The highest BCUT2D eigenvalue weighted by atomic mass is 16.5. The van der Waals surface area contributed by atoms with Gasteiger partial charge in [-0.25, -0.2) is 4.68 Å². The number of hydrogen-bond acceptors (Lipinski definition) is 5. The van der Waals surface area contributed by atoms with Crippen molar-refractivity contribution in [3.63, 3.8) is 0 Å². The number of carbonyl (C=O) groups is 1. The van der Waals surface area contributed by atoms with Crippen LogP contribution < -0.4 is 15.6 Å². The van der Waals surface area contributed by atoms with E-state index in [1.807, 2.05) is 45.2 Å². The van der Waals surface area contributed by atoms with E-state index in [9.17, 15) is 9.59 Å². The molecule has 1 N–H and O–H groups in total. The van der Waals surface area contributed by atoms with Gasteiger partial charge >= 0.3 is 0 Å². The molecular weight excluding hydrogens is 370 g/mol. The Labute approximate surface area is 169 Å². The van der Waals surface area contributed by atoms with E-state index in [1.54, 1.807) is 24.8 Å². The first-order valence-electron chi connectivity index (χ1n) is 9.33. The zero-order valence-electron chi connectivity index (χ0n) is 17.3. The fourth-order valence-corrected chi connectivity index (χ4v) is 3.27. The smallest absolute Gasteiger partial charge is 0.267 e. The van der Waals surface area contributed by atoms with Crippen molar-refractivity contribution in [2.75, 3.05) is 7.11 Å². The number of amides is 1. The number of para-hydroxylation sites is 1. The van der Waals surface area contributed by atoms with Crippen LogP contribution in [0, 0.1) is 13.8 Å². The zero-order chi connectivity index (χ0) is 21.1. The van der Waals surface area contributed by atoms with E-state index in [-0.39, 0.29) is 11.5 Å². The second-order valence-corrected chi connectivity index (χ2v) is 6.88. The Morgan fingerprint density at radius 1 is 1.17 bits per heavy atom. The minimum atomic E-state index is -0.769. The molecule has 8 nitrogen and oxygen atoms in total. The molecule has 1 unspecified atom stereocenters. The van der Waals surface area contributed by atoms with Crippen molar-refractivity contribution >= 4 is 5.91 Å². The van der Waals surface area contributed by atoms with Gasteiger partial charge < -0.3 is 10.1 Å². The number of ether oxygens (including phenoxy) is 1. The number of methoxy groups -OCH3 is 1. The standard InChI is InChI=1S/C21H25N5O3/c1-13-20(14(2)25(4)23-13)17-10-11-19(27)26(24-17)15(3)21(28)22-12-16-8-6-7-9-18(16)29-5/h6-11,15H,12H2,1-5H3,(H,22,28). The summed E-state index contributed by atoms with van der Waals surface area (Å²) in [5, 5.41) is 11.7. The van der Waals surface area contributed by atoms with Gasteiger partial charge in [-0.15, -0.1) is 0 Å². The Bertz CT molecular complexity index is 1100. The summed E-state index contributed by atoms with van der Waals surface area (Å²) in [6, 6.07) is 9.77. The summed E-state index contributed by atoms with van der Waals surface area (Å²) in [5.74, 6) is 0.391. The van der Waals surface area contributed by atoms with Crippen molar-refractivity contribution in [1.29, 1.82) is 0 Å². The van der Waals surface area contributed by atoms with Gasteiger partial charge in [0, 0.05) is 36.5 Å². The predicted molar refractivity (Wildman–Crippen MR) is 110 cm³/mol. The van der Waals surface area contributed by atoms with Gasteiger partial charge in [-0.1, -0.05) is 18.2 Å². The van der Waals surface area contributed by atoms with E-state index < -0.39 is 6.04 Å². The van der Waals surface area contributed by atoms with Crippen LogP contribution in [-0.2, 0) is 18.4 Å². The molecule has 0 aliphatic heterocycles. The first-order valence-corrected chi connectivity index (χ1v) is 9.33. The van der Waals surface area contributed by atoms with Crippen LogP contribution in [0.5, 0.6) is 5.75 Å². The van der Waals surface area contributed by atoms with Crippen LogP contribution in [0.4, 0.5) is 0 Å². The quantitative estimate of drug-likeness (QED) is 0.691. The molecule has 29 heavy (non-hydrogen) atoms. The van der Waals surface area contributed by atoms with Crippen LogP contribution in [0.3, 0.4) is 0 Å². The normalized spacial score (nSPS) is 11.9. The molecule has 8 heteroatoms.